The third-order valence-electron chi connectivity index (χ3n) is 4.85. The molecular weight excluding hydrogens is 320 g/mol. The predicted octanol–water partition coefficient (Wildman–Crippen LogP) is 2.35. The second-order valence-electron chi connectivity index (χ2n) is 6.81. The Morgan fingerprint density at radius 2 is 2.12 bits per heavy atom. The molecule has 0 radical (unpaired) electrons. The number of hydrogen-bond donors (Lipinski definition) is 3. The Morgan fingerprint density at radius 1 is 1.42 bits per heavy atom. The van der Waals surface area contributed by atoms with Gasteiger partial charge < -0.3 is 20.5 Å². The van der Waals surface area contributed by atoms with E-state index in [4.69, 9.17) is 0 Å². The summed E-state index contributed by atoms with van der Waals surface area (Å²) in [5, 5.41) is 15.1. The summed E-state index contributed by atoms with van der Waals surface area (Å²) in [7, 11) is 0. The van der Waals surface area contributed by atoms with Crippen LogP contribution in [0.5, 0.6) is 5.88 Å². The summed E-state index contributed by atoms with van der Waals surface area (Å²) in [6.45, 7) is -1.18. The standard InChI is InChI=1S/C16H21F2N3O3/c1-9(10-2-3-19-13(4-10)24-14(17)18)20-15(23)21-11-5-16(6-11)7-12(22)8-16/h2-4,9,11-12,14,22H,5-8H2,1H3,(H2,20,21,23). The Labute approximate surface area is 138 Å². The molecule has 0 bridgehead atoms. The van der Waals surface area contributed by atoms with Crippen LogP contribution in [0, 0.1) is 5.41 Å². The molecule has 132 valence electrons. The van der Waals surface area contributed by atoms with Crippen LogP contribution in [0.25, 0.3) is 0 Å². The number of nitrogens with one attached hydrogen (secondary N) is 2. The van der Waals surface area contributed by atoms with Crippen LogP contribution in [0.4, 0.5) is 13.6 Å². The maximum Gasteiger partial charge on any atom is 0.388 e. The SMILES string of the molecule is CC(NC(=O)NC1CC2(CC(O)C2)C1)c1ccnc(OC(F)F)c1. The van der Waals surface area contributed by atoms with E-state index in [1.54, 1.807) is 13.0 Å². The highest BCUT2D eigenvalue weighted by molar-refractivity contribution is 5.75. The second-order valence-corrected chi connectivity index (χ2v) is 6.81. The number of aliphatic hydroxyl groups is 1. The summed E-state index contributed by atoms with van der Waals surface area (Å²) in [5.41, 5.74) is 0.860. The Kier molecular flexibility index (Phi) is 4.58. The molecule has 24 heavy (non-hydrogen) atoms. The number of aliphatic hydroxyl groups excluding tert-OH is 1. The van der Waals surface area contributed by atoms with Gasteiger partial charge in [0.25, 0.3) is 0 Å². The van der Waals surface area contributed by atoms with Gasteiger partial charge in [-0.1, -0.05) is 0 Å². The van der Waals surface area contributed by atoms with Gasteiger partial charge in [0.15, 0.2) is 0 Å². The summed E-state index contributed by atoms with van der Waals surface area (Å²) in [6.07, 6.45) is 4.62. The molecule has 2 aliphatic rings. The largest absolute Gasteiger partial charge is 0.417 e. The Hall–Kier alpha value is -1.96. The van der Waals surface area contributed by atoms with E-state index in [0.717, 1.165) is 25.7 Å². The molecule has 2 amide bonds. The van der Waals surface area contributed by atoms with Gasteiger partial charge in [-0.25, -0.2) is 9.78 Å². The van der Waals surface area contributed by atoms with Crippen LogP contribution in [-0.4, -0.2) is 34.9 Å². The first-order valence-corrected chi connectivity index (χ1v) is 8.01. The van der Waals surface area contributed by atoms with E-state index in [0.29, 0.717) is 5.56 Å². The second kappa shape index (κ2) is 6.51. The number of halogens is 2. The van der Waals surface area contributed by atoms with Crippen molar-refractivity contribution in [3.8, 4) is 5.88 Å². The fourth-order valence-corrected chi connectivity index (χ4v) is 3.72. The molecule has 2 fully saturated rings. The smallest absolute Gasteiger partial charge is 0.388 e. The number of pyridine rings is 1. The maximum absolute atomic E-state index is 12.2. The van der Waals surface area contributed by atoms with Gasteiger partial charge in [0.2, 0.25) is 5.88 Å². The molecule has 0 aromatic carbocycles. The lowest BCUT2D eigenvalue weighted by atomic mass is 9.53. The van der Waals surface area contributed by atoms with E-state index < -0.39 is 6.61 Å². The van der Waals surface area contributed by atoms with Gasteiger partial charge in [-0.2, -0.15) is 8.78 Å². The first-order chi connectivity index (χ1) is 11.3. The summed E-state index contributed by atoms with van der Waals surface area (Å²) in [4.78, 5) is 15.7. The van der Waals surface area contributed by atoms with Gasteiger partial charge in [0.05, 0.1) is 12.1 Å². The van der Waals surface area contributed by atoms with E-state index >= 15 is 0 Å². The van der Waals surface area contributed by atoms with Crippen LogP contribution >= 0.6 is 0 Å². The Morgan fingerprint density at radius 3 is 2.75 bits per heavy atom. The molecule has 2 saturated carbocycles. The molecule has 1 unspecified atom stereocenters. The average Bonchev–Trinajstić information content (AvgIpc) is 2.43. The van der Waals surface area contributed by atoms with Gasteiger partial charge in [-0.05, 0) is 49.7 Å². The number of amides is 2. The fraction of sp³-hybridized carbons (Fsp3) is 0.625. The fourth-order valence-electron chi connectivity index (χ4n) is 3.72. The van der Waals surface area contributed by atoms with E-state index in [1.807, 2.05) is 0 Å². The molecule has 1 aromatic heterocycles. The van der Waals surface area contributed by atoms with Gasteiger partial charge in [0.1, 0.15) is 0 Å². The van der Waals surface area contributed by atoms with Gasteiger partial charge in [-0.3, -0.25) is 0 Å². The average molecular weight is 341 g/mol. The zero-order valence-corrected chi connectivity index (χ0v) is 13.3. The molecule has 0 aliphatic heterocycles. The monoisotopic (exact) mass is 341 g/mol. The van der Waals surface area contributed by atoms with Crippen LogP contribution in [0.1, 0.15) is 44.2 Å². The highest BCUT2D eigenvalue weighted by atomic mass is 19.3. The number of alkyl halides is 2. The minimum atomic E-state index is -2.93. The minimum absolute atomic E-state index is 0.125. The van der Waals surface area contributed by atoms with Crippen LogP contribution in [0.2, 0.25) is 0 Å². The van der Waals surface area contributed by atoms with Gasteiger partial charge in [0, 0.05) is 18.3 Å². The number of aromatic nitrogens is 1. The lowest BCUT2D eigenvalue weighted by Gasteiger charge is -2.56. The van der Waals surface area contributed by atoms with Crippen molar-refractivity contribution in [3.63, 3.8) is 0 Å². The molecule has 1 atom stereocenters. The lowest BCUT2D eigenvalue weighted by molar-refractivity contribution is -0.0946. The third-order valence-corrected chi connectivity index (χ3v) is 4.85. The molecule has 1 spiro atoms. The summed E-state index contributed by atoms with van der Waals surface area (Å²) in [5.74, 6) is -0.180. The first-order valence-electron chi connectivity index (χ1n) is 8.01. The summed E-state index contributed by atoms with van der Waals surface area (Å²) in [6, 6.07) is 2.48. The van der Waals surface area contributed by atoms with Crippen LogP contribution < -0.4 is 15.4 Å². The first kappa shape index (κ1) is 16.9. The zero-order chi connectivity index (χ0) is 17.3. The lowest BCUT2D eigenvalue weighted by Crippen LogP contribution is -2.58. The van der Waals surface area contributed by atoms with Crippen molar-refractivity contribution >= 4 is 6.03 Å². The number of rotatable bonds is 5. The molecule has 6 nitrogen and oxygen atoms in total. The van der Waals surface area contributed by atoms with Crippen molar-refractivity contribution in [1.82, 2.24) is 15.6 Å². The van der Waals surface area contributed by atoms with E-state index in [2.05, 4.69) is 20.4 Å². The van der Waals surface area contributed by atoms with E-state index in [1.165, 1.54) is 12.3 Å². The van der Waals surface area contributed by atoms with Crippen molar-refractivity contribution in [2.75, 3.05) is 0 Å². The van der Waals surface area contributed by atoms with Gasteiger partial charge in [-0.15, -0.1) is 0 Å². The van der Waals surface area contributed by atoms with E-state index in [-0.39, 0.29) is 35.5 Å². The molecule has 3 N–H and O–H groups in total. The molecule has 8 heteroatoms. The minimum Gasteiger partial charge on any atom is -0.417 e. The number of nitrogens with zero attached hydrogens (tertiary/aromatic N) is 1. The third kappa shape index (κ3) is 3.75. The van der Waals surface area contributed by atoms with Crippen LogP contribution in [0.3, 0.4) is 0 Å². The summed E-state index contributed by atoms with van der Waals surface area (Å²) < 4.78 is 28.7. The number of ether oxygens (including phenoxy) is 1. The van der Waals surface area contributed by atoms with E-state index in [9.17, 15) is 18.7 Å². The predicted molar refractivity (Wildman–Crippen MR) is 81.6 cm³/mol. The normalized spacial score (nSPS) is 29.5. The molecule has 2 aliphatic carbocycles. The summed E-state index contributed by atoms with van der Waals surface area (Å²) >= 11 is 0. The number of urea groups is 1. The van der Waals surface area contributed by atoms with Crippen molar-refractivity contribution in [2.45, 2.75) is 57.4 Å². The molecule has 0 saturated heterocycles. The van der Waals surface area contributed by atoms with Gasteiger partial charge >= 0.3 is 12.6 Å². The Bertz CT molecular complexity index is 600. The quantitative estimate of drug-likeness (QED) is 0.768. The molecular formula is C16H21F2N3O3. The maximum atomic E-state index is 12.2. The van der Waals surface area contributed by atoms with Crippen molar-refractivity contribution in [3.05, 3.63) is 23.9 Å². The molecule has 1 heterocycles. The Balaban J connectivity index is 1.46. The van der Waals surface area contributed by atoms with Crippen molar-refractivity contribution in [2.24, 2.45) is 5.41 Å². The highest BCUT2D eigenvalue weighted by Gasteiger charge is 2.52. The number of carbonyl (C=O) groups is 1. The molecule has 3 rings (SSSR count). The van der Waals surface area contributed by atoms with Crippen LogP contribution in [0.15, 0.2) is 18.3 Å². The number of hydrogen-bond acceptors (Lipinski definition) is 4. The number of carbonyl (C=O) groups excluding carboxylic acids is 1. The van der Waals surface area contributed by atoms with Crippen LogP contribution in [-0.2, 0) is 0 Å². The van der Waals surface area contributed by atoms with Crippen molar-refractivity contribution in [1.29, 1.82) is 0 Å². The van der Waals surface area contributed by atoms with Crippen molar-refractivity contribution < 1.29 is 23.4 Å². The molecule has 1 aromatic rings. The topological polar surface area (TPSA) is 83.5 Å². The highest BCUT2D eigenvalue weighted by Crippen LogP contribution is 2.55. The zero-order valence-electron chi connectivity index (χ0n) is 13.3.